The number of hydrogen-bond donors (Lipinski definition) is 2. The van der Waals surface area contributed by atoms with Gasteiger partial charge in [0.15, 0.2) is 0 Å². The Kier molecular flexibility index (Phi) is 5.25. The predicted octanol–water partition coefficient (Wildman–Crippen LogP) is 3.69. The van der Waals surface area contributed by atoms with Crippen molar-refractivity contribution in [3.63, 3.8) is 0 Å². The zero-order valence-electron chi connectivity index (χ0n) is 12.6. The van der Waals surface area contributed by atoms with E-state index in [1.807, 2.05) is 24.3 Å². The van der Waals surface area contributed by atoms with E-state index in [1.54, 1.807) is 18.3 Å². The smallest absolute Gasteiger partial charge is 0.257 e. The van der Waals surface area contributed by atoms with Gasteiger partial charge in [-0.15, -0.1) is 0 Å². The van der Waals surface area contributed by atoms with Crippen molar-refractivity contribution in [2.45, 2.75) is 18.9 Å². The fourth-order valence-corrected chi connectivity index (χ4v) is 2.90. The molecule has 1 fully saturated rings. The highest BCUT2D eigenvalue weighted by molar-refractivity contribution is 9.10. The van der Waals surface area contributed by atoms with E-state index in [2.05, 4.69) is 31.5 Å². The van der Waals surface area contributed by atoms with Gasteiger partial charge in [0.1, 0.15) is 5.82 Å². The third kappa shape index (κ3) is 4.30. The first-order chi connectivity index (χ1) is 11.2. The van der Waals surface area contributed by atoms with Crippen LogP contribution in [-0.4, -0.2) is 30.1 Å². The summed E-state index contributed by atoms with van der Waals surface area (Å²) in [5.41, 5.74) is 1.49. The second-order valence-electron chi connectivity index (χ2n) is 5.38. The summed E-state index contributed by atoms with van der Waals surface area (Å²) in [4.78, 5) is 16.5. The van der Waals surface area contributed by atoms with Crippen LogP contribution in [0.15, 0.2) is 47.1 Å². The van der Waals surface area contributed by atoms with Gasteiger partial charge in [0.05, 0.1) is 23.6 Å². The summed E-state index contributed by atoms with van der Waals surface area (Å²) in [6, 6.07) is 11.0. The molecule has 0 aliphatic carbocycles. The molecule has 3 rings (SSSR count). The maximum absolute atomic E-state index is 12.2. The molecule has 2 aromatic rings. The summed E-state index contributed by atoms with van der Waals surface area (Å²) >= 11 is 3.37. The fraction of sp³-hybridized carbons (Fsp3) is 0.294. The first-order valence-electron chi connectivity index (χ1n) is 7.60. The number of hydrogen-bond acceptors (Lipinski definition) is 4. The quantitative estimate of drug-likeness (QED) is 0.836. The van der Waals surface area contributed by atoms with Crippen LogP contribution in [-0.2, 0) is 4.74 Å². The second-order valence-corrected chi connectivity index (χ2v) is 6.24. The lowest BCUT2D eigenvalue weighted by atomic mass is 10.2. The number of nitrogens with zero attached hydrogens (tertiary/aromatic N) is 1. The normalized spacial score (nSPS) is 17.0. The van der Waals surface area contributed by atoms with Crippen molar-refractivity contribution in [3.05, 3.63) is 52.6 Å². The van der Waals surface area contributed by atoms with Crippen LogP contribution in [0.2, 0.25) is 0 Å². The Hall–Kier alpha value is -1.92. The third-order valence-electron chi connectivity index (χ3n) is 3.68. The molecule has 1 atom stereocenters. The molecule has 1 amide bonds. The Morgan fingerprint density at radius 3 is 2.87 bits per heavy atom. The topological polar surface area (TPSA) is 63.2 Å². The molecule has 0 radical (unpaired) electrons. The standard InChI is InChI=1S/C17H18BrN3O2/c18-15-6-2-1-5-14(15)17(22)21-16-8-7-12(10-20-16)19-11-13-4-3-9-23-13/h1-2,5-8,10,13,19H,3-4,9,11H2,(H,20,21,22). The van der Waals surface area contributed by atoms with Crippen LogP contribution in [0.25, 0.3) is 0 Å². The first kappa shape index (κ1) is 16.0. The number of nitrogens with one attached hydrogen (secondary N) is 2. The number of anilines is 2. The van der Waals surface area contributed by atoms with Crippen molar-refractivity contribution in [3.8, 4) is 0 Å². The molecule has 1 unspecified atom stereocenters. The zero-order valence-corrected chi connectivity index (χ0v) is 14.2. The lowest BCUT2D eigenvalue weighted by molar-refractivity contribution is 0.102. The van der Waals surface area contributed by atoms with Crippen LogP contribution in [0, 0.1) is 0 Å². The van der Waals surface area contributed by atoms with Crippen LogP contribution in [0.3, 0.4) is 0 Å². The average molecular weight is 376 g/mol. The fourth-order valence-electron chi connectivity index (χ4n) is 2.44. The highest BCUT2D eigenvalue weighted by Crippen LogP contribution is 2.18. The maximum atomic E-state index is 12.2. The number of pyridine rings is 1. The molecule has 6 heteroatoms. The van der Waals surface area contributed by atoms with Gasteiger partial charge >= 0.3 is 0 Å². The molecule has 1 saturated heterocycles. The summed E-state index contributed by atoms with van der Waals surface area (Å²) in [5.74, 6) is 0.332. The SMILES string of the molecule is O=C(Nc1ccc(NCC2CCCO2)cn1)c1ccccc1Br. The van der Waals surface area contributed by atoms with Gasteiger partial charge in [-0.2, -0.15) is 0 Å². The van der Waals surface area contributed by atoms with Gasteiger partial charge in [-0.05, 0) is 53.0 Å². The van der Waals surface area contributed by atoms with Crippen molar-refractivity contribution in [2.24, 2.45) is 0 Å². The van der Waals surface area contributed by atoms with Gasteiger partial charge in [-0.3, -0.25) is 4.79 Å². The minimum Gasteiger partial charge on any atom is -0.381 e. The van der Waals surface area contributed by atoms with Crippen LogP contribution in [0.5, 0.6) is 0 Å². The second kappa shape index (κ2) is 7.57. The number of amides is 1. The molecule has 1 aromatic heterocycles. The van der Waals surface area contributed by atoms with E-state index < -0.39 is 0 Å². The van der Waals surface area contributed by atoms with E-state index in [9.17, 15) is 4.79 Å². The summed E-state index contributed by atoms with van der Waals surface area (Å²) in [7, 11) is 0. The molecule has 23 heavy (non-hydrogen) atoms. The van der Waals surface area contributed by atoms with Crippen molar-refractivity contribution >= 4 is 33.3 Å². The molecular formula is C17H18BrN3O2. The van der Waals surface area contributed by atoms with Crippen molar-refractivity contribution in [2.75, 3.05) is 23.8 Å². The van der Waals surface area contributed by atoms with Crippen molar-refractivity contribution < 1.29 is 9.53 Å². The Morgan fingerprint density at radius 1 is 1.30 bits per heavy atom. The van der Waals surface area contributed by atoms with E-state index in [1.165, 1.54) is 0 Å². The van der Waals surface area contributed by atoms with Crippen molar-refractivity contribution in [1.82, 2.24) is 4.98 Å². The Morgan fingerprint density at radius 2 is 2.17 bits per heavy atom. The minimum absolute atomic E-state index is 0.190. The highest BCUT2D eigenvalue weighted by Gasteiger charge is 2.15. The number of carbonyl (C=O) groups is 1. The summed E-state index contributed by atoms with van der Waals surface area (Å²) in [6.45, 7) is 1.63. The molecule has 0 saturated carbocycles. The van der Waals surface area contributed by atoms with E-state index in [4.69, 9.17) is 4.74 Å². The molecule has 1 aromatic carbocycles. The Bertz CT molecular complexity index is 670. The average Bonchev–Trinajstić information content (AvgIpc) is 3.08. The molecule has 5 nitrogen and oxygen atoms in total. The number of ether oxygens (including phenoxy) is 1. The maximum Gasteiger partial charge on any atom is 0.257 e. The van der Waals surface area contributed by atoms with Gasteiger partial charge in [0.2, 0.25) is 0 Å². The number of rotatable bonds is 5. The first-order valence-corrected chi connectivity index (χ1v) is 8.39. The largest absolute Gasteiger partial charge is 0.381 e. The lowest BCUT2D eigenvalue weighted by Crippen LogP contribution is -2.18. The number of halogens is 1. The third-order valence-corrected chi connectivity index (χ3v) is 4.37. The van der Waals surface area contributed by atoms with Gasteiger partial charge in [-0.25, -0.2) is 4.98 Å². The van der Waals surface area contributed by atoms with Crippen LogP contribution in [0.4, 0.5) is 11.5 Å². The van der Waals surface area contributed by atoms with Crippen LogP contribution < -0.4 is 10.6 Å². The summed E-state index contributed by atoms with van der Waals surface area (Å²) in [6.07, 6.45) is 4.22. The van der Waals surface area contributed by atoms with E-state index in [-0.39, 0.29) is 12.0 Å². The van der Waals surface area contributed by atoms with Crippen LogP contribution in [0.1, 0.15) is 23.2 Å². The lowest BCUT2D eigenvalue weighted by Gasteiger charge is -2.12. The van der Waals surface area contributed by atoms with Gasteiger partial charge in [0, 0.05) is 17.6 Å². The van der Waals surface area contributed by atoms with Crippen molar-refractivity contribution in [1.29, 1.82) is 0 Å². The minimum atomic E-state index is -0.190. The molecule has 0 bridgehead atoms. The van der Waals surface area contributed by atoms with E-state index in [0.29, 0.717) is 11.4 Å². The number of benzene rings is 1. The van der Waals surface area contributed by atoms with Gasteiger partial charge in [0.25, 0.3) is 5.91 Å². The molecule has 120 valence electrons. The molecule has 1 aliphatic rings. The van der Waals surface area contributed by atoms with Gasteiger partial charge < -0.3 is 15.4 Å². The molecule has 2 N–H and O–H groups in total. The highest BCUT2D eigenvalue weighted by atomic mass is 79.9. The predicted molar refractivity (Wildman–Crippen MR) is 93.8 cm³/mol. The zero-order chi connectivity index (χ0) is 16.1. The molecule has 0 spiro atoms. The Balaban J connectivity index is 1.56. The number of carbonyl (C=O) groups excluding carboxylic acids is 1. The van der Waals surface area contributed by atoms with E-state index in [0.717, 1.165) is 36.2 Å². The molecule has 2 heterocycles. The summed E-state index contributed by atoms with van der Waals surface area (Å²) < 4.78 is 6.32. The van der Waals surface area contributed by atoms with Gasteiger partial charge in [-0.1, -0.05) is 12.1 Å². The summed E-state index contributed by atoms with van der Waals surface area (Å²) in [5, 5.41) is 6.09. The van der Waals surface area contributed by atoms with E-state index >= 15 is 0 Å². The van der Waals surface area contributed by atoms with Crippen LogP contribution >= 0.6 is 15.9 Å². The Labute approximate surface area is 143 Å². The molecular weight excluding hydrogens is 358 g/mol. The monoisotopic (exact) mass is 375 g/mol. The molecule has 1 aliphatic heterocycles. The number of aromatic nitrogens is 1.